The zero-order valence-corrected chi connectivity index (χ0v) is 29.6. The number of ether oxygens (including phenoxy) is 2. The van der Waals surface area contributed by atoms with Gasteiger partial charge < -0.3 is 18.8 Å². The minimum absolute atomic E-state index is 0.0130. The Labute approximate surface area is 315 Å². The molecule has 0 radical (unpaired) electrons. The van der Waals surface area contributed by atoms with Gasteiger partial charge in [0.15, 0.2) is 5.58 Å². The summed E-state index contributed by atoms with van der Waals surface area (Å²) in [4.78, 5) is 2.34. The Morgan fingerprint density at radius 2 is 1.13 bits per heavy atom. The average molecular weight is 710 g/mol. The minimum atomic E-state index is -0.0130. The van der Waals surface area contributed by atoms with Crippen molar-refractivity contribution >= 4 is 93.6 Å². The highest BCUT2D eigenvalue weighted by Crippen LogP contribution is 2.51. The van der Waals surface area contributed by atoms with Crippen molar-refractivity contribution in [1.29, 1.82) is 0 Å². The first-order valence-corrected chi connectivity index (χ1v) is 19.0. The fourth-order valence-corrected chi connectivity index (χ4v) is 9.94. The van der Waals surface area contributed by atoms with Gasteiger partial charge in [-0.25, -0.2) is 0 Å². The van der Waals surface area contributed by atoms with Gasteiger partial charge >= 0.3 is 0 Å². The Morgan fingerprint density at radius 1 is 0.481 bits per heavy atom. The first-order valence-electron chi connectivity index (χ1n) is 18.2. The van der Waals surface area contributed by atoms with Crippen LogP contribution in [0.1, 0.15) is 0 Å². The van der Waals surface area contributed by atoms with Crippen molar-refractivity contribution in [2.45, 2.75) is 0 Å². The zero-order valence-electron chi connectivity index (χ0n) is 28.8. The highest BCUT2D eigenvalue weighted by molar-refractivity contribution is 7.26. The Morgan fingerprint density at radius 3 is 1.91 bits per heavy atom. The molecular weight excluding hydrogens is 681 g/mol. The van der Waals surface area contributed by atoms with Crippen LogP contribution < -0.4 is 30.8 Å². The van der Waals surface area contributed by atoms with Crippen LogP contribution >= 0.6 is 11.3 Å². The van der Waals surface area contributed by atoms with Crippen LogP contribution in [0, 0.1) is 0 Å². The van der Waals surface area contributed by atoms with E-state index in [1.54, 1.807) is 0 Å². The van der Waals surface area contributed by atoms with Crippen molar-refractivity contribution in [3.8, 4) is 34.1 Å². The summed E-state index contributed by atoms with van der Waals surface area (Å²) in [7, 11) is 0. The van der Waals surface area contributed by atoms with Crippen molar-refractivity contribution in [3.05, 3.63) is 170 Å². The van der Waals surface area contributed by atoms with Gasteiger partial charge in [-0.3, -0.25) is 0 Å². The third kappa shape index (κ3) is 4.26. The topological polar surface area (TPSA) is 34.8 Å². The van der Waals surface area contributed by atoms with E-state index >= 15 is 0 Å². The molecule has 2 aromatic heterocycles. The first-order chi connectivity index (χ1) is 26.8. The second kappa shape index (κ2) is 11.4. The summed E-state index contributed by atoms with van der Waals surface area (Å²) < 4.78 is 22.9. The summed E-state index contributed by atoms with van der Waals surface area (Å²) in [6, 6.07) is 59.8. The van der Waals surface area contributed by atoms with E-state index in [2.05, 4.69) is 150 Å². The number of rotatable bonds is 4. The maximum Gasteiger partial charge on any atom is 0.260 e. The van der Waals surface area contributed by atoms with Crippen molar-refractivity contribution in [2.24, 2.45) is 0 Å². The quantitative estimate of drug-likeness (QED) is 0.170. The molecule has 0 aliphatic carbocycles. The summed E-state index contributed by atoms with van der Waals surface area (Å²) in [6.07, 6.45) is 0. The second-order valence-corrected chi connectivity index (χ2v) is 15.0. The van der Waals surface area contributed by atoms with E-state index in [9.17, 15) is 0 Å². The van der Waals surface area contributed by atoms with Gasteiger partial charge in [0.1, 0.15) is 28.6 Å². The smallest absolute Gasteiger partial charge is 0.260 e. The third-order valence-corrected chi connectivity index (χ3v) is 12.2. The Kier molecular flexibility index (Phi) is 6.27. The van der Waals surface area contributed by atoms with E-state index in [-0.39, 0.29) is 6.71 Å². The monoisotopic (exact) mass is 709 g/mol. The van der Waals surface area contributed by atoms with Crippen molar-refractivity contribution in [1.82, 2.24) is 0 Å². The number of anilines is 3. The lowest BCUT2D eigenvalue weighted by Crippen LogP contribution is -2.57. The van der Waals surface area contributed by atoms with Gasteiger partial charge in [-0.15, -0.1) is 11.3 Å². The van der Waals surface area contributed by atoms with Crippen LogP contribution in [0.4, 0.5) is 17.1 Å². The number of benzene rings is 8. The number of hydrogen-bond donors (Lipinski definition) is 0. The summed E-state index contributed by atoms with van der Waals surface area (Å²) in [5, 5.41) is 4.65. The fraction of sp³-hybridized carbons (Fsp3) is 0. The predicted octanol–water partition coefficient (Wildman–Crippen LogP) is 11.8. The Bertz CT molecular complexity index is 3080. The molecule has 0 saturated carbocycles. The van der Waals surface area contributed by atoms with Gasteiger partial charge in [-0.1, -0.05) is 121 Å². The summed E-state index contributed by atoms with van der Waals surface area (Å²) >= 11 is 1.84. The average Bonchev–Trinajstić information content (AvgIpc) is 3.80. The largest absolute Gasteiger partial charge is 0.458 e. The molecule has 0 amide bonds. The molecule has 54 heavy (non-hydrogen) atoms. The lowest BCUT2D eigenvalue weighted by atomic mass is 9.35. The normalized spacial score (nSPS) is 12.7. The molecule has 2 aliphatic rings. The van der Waals surface area contributed by atoms with Gasteiger partial charge in [0.2, 0.25) is 0 Å². The molecule has 10 aromatic rings. The third-order valence-electron chi connectivity index (χ3n) is 11.0. The highest BCUT2D eigenvalue weighted by atomic mass is 32.1. The highest BCUT2D eigenvalue weighted by Gasteiger charge is 2.41. The van der Waals surface area contributed by atoms with Crippen LogP contribution in [-0.4, -0.2) is 6.71 Å². The molecule has 0 spiro atoms. The number of furan rings is 1. The molecule has 0 fully saturated rings. The van der Waals surface area contributed by atoms with Crippen molar-refractivity contribution in [2.75, 3.05) is 4.90 Å². The summed E-state index contributed by atoms with van der Waals surface area (Å²) in [5.41, 5.74) is 10.2. The van der Waals surface area contributed by atoms with Gasteiger partial charge in [0, 0.05) is 54.1 Å². The molecule has 4 heterocycles. The van der Waals surface area contributed by atoms with E-state index in [1.807, 2.05) is 35.6 Å². The van der Waals surface area contributed by atoms with Crippen LogP contribution in [0.3, 0.4) is 0 Å². The molecule has 0 unspecified atom stereocenters. The van der Waals surface area contributed by atoms with Gasteiger partial charge in [0.05, 0.1) is 17.1 Å². The molecule has 0 saturated heterocycles. The van der Waals surface area contributed by atoms with E-state index in [4.69, 9.17) is 13.9 Å². The zero-order chi connectivity index (χ0) is 35.3. The van der Waals surface area contributed by atoms with Gasteiger partial charge in [-0.2, -0.15) is 0 Å². The molecule has 0 atom stereocenters. The van der Waals surface area contributed by atoms with Gasteiger partial charge in [0.25, 0.3) is 6.71 Å². The van der Waals surface area contributed by atoms with Crippen LogP contribution in [0.5, 0.6) is 23.0 Å². The molecule has 0 bridgehead atoms. The Hall–Kier alpha value is -6.76. The van der Waals surface area contributed by atoms with E-state index < -0.39 is 0 Å². The fourth-order valence-electron chi connectivity index (χ4n) is 8.67. The SMILES string of the molecule is c1ccc(-c2c(N(c3cc4c5c(c3)Oc3ccccc3B5c3ccccc3O4)c3cccc4c3oc3ccccc34)ccc3c2sc2ccccc23)cc1. The van der Waals surface area contributed by atoms with E-state index in [0.29, 0.717) is 0 Å². The summed E-state index contributed by atoms with van der Waals surface area (Å²) in [5.74, 6) is 3.29. The van der Waals surface area contributed by atoms with Gasteiger partial charge in [-0.05, 0) is 52.9 Å². The number of thiophene rings is 1. The van der Waals surface area contributed by atoms with E-state index in [0.717, 1.165) is 89.5 Å². The molecule has 6 heteroatoms. The number of nitrogens with zero attached hydrogens (tertiary/aromatic N) is 1. The van der Waals surface area contributed by atoms with Crippen LogP contribution in [0.2, 0.25) is 0 Å². The minimum Gasteiger partial charge on any atom is -0.458 e. The molecule has 252 valence electrons. The van der Waals surface area contributed by atoms with E-state index in [1.165, 1.54) is 20.2 Å². The number of para-hydroxylation sites is 4. The molecule has 8 aromatic carbocycles. The predicted molar refractivity (Wildman–Crippen MR) is 224 cm³/mol. The maximum absolute atomic E-state index is 6.83. The van der Waals surface area contributed by atoms with Crippen LogP contribution in [0.25, 0.3) is 53.2 Å². The number of hydrogen-bond acceptors (Lipinski definition) is 5. The van der Waals surface area contributed by atoms with Crippen molar-refractivity contribution < 1.29 is 13.9 Å². The molecule has 2 aliphatic heterocycles. The molecule has 12 rings (SSSR count). The molecular formula is C48H28BNO3S. The summed E-state index contributed by atoms with van der Waals surface area (Å²) in [6.45, 7) is -0.0130. The lowest BCUT2D eigenvalue weighted by molar-refractivity contribution is 0.465. The van der Waals surface area contributed by atoms with Crippen LogP contribution in [0.15, 0.2) is 174 Å². The Balaban J connectivity index is 1.19. The van der Waals surface area contributed by atoms with Crippen molar-refractivity contribution in [3.63, 3.8) is 0 Å². The standard InChI is InChI=1S/C48H28BNO3S/c1-2-13-29(14-3-1)45-37(26-25-34-32-16-5-11-24-44(32)54-48(34)45)50(38-20-12-17-33-31-15-4-8-21-39(31)53-47(33)38)30-27-42-46-43(28-30)52-41-23-10-7-19-36(41)49(46)35-18-6-9-22-40(35)51-42/h1-28H. The molecule has 0 N–H and O–H groups in total. The second-order valence-electron chi connectivity index (χ2n) is 14.0. The first kappa shape index (κ1) is 29.8. The lowest BCUT2D eigenvalue weighted by Gasteiger charge is -2.35. The molecule has 4 nitrogen and oxygen atoms in total. The van der Waals surface area contributed by atoms with Crippen LogP contribution in [-0.2, 0) is 0 Å². The number of fused-ring (bicyclic) bond motifs is 10. The maximum atomic E-state index is 6.83.